The summed E-state index contributed by atoms with van der Waals surface area (Å²) in [7, 11) is 0. The second-order valence-corrected chi connectivity index (χ2v) is 11.1. The third-order valence-corrected chi connectivity index (χ3v) is 8.21. The molecule has 8 nitrogen and oxygen atoms in total. The average molecular weight is 572 g/mol. The first-order valence-corrected chi connectivity index (χ1v) is 14.2. The number of anilines is 1. The molecule has 0 unspecified atom stereocenters. The number of benzene rings is 1. The van der Waals surface area contributed by atoms with Crippen molar-refractivity contribution in [1.82, 2.24) is 20.0 Å². The molecule has 41 heavy (non-hydrogen) atoms. The van der Waals surface area contributed by atoms with Crippen molar-refractivity contribution in [2.75, 3.05) is 11.4 Å². The Bertz CT molecular complexity index is 1400. The third kappa shape index (κ3) is 5.76. The summed E-state index contributed by atoms with van der Waals surface area (Å²) >= 11 is 0. The molecule has 2 atom stereocenters. The summed E-state index contributed by atoms with van der Waals surface area (Å²) in [6.45, 7) is 9.94. The van der Waals surface area contributed by atoms with Crippen LogP contribution in [0.2, 0.25) is 0 Å². The van der Waals surface area contributed by atoms with Gasteiger partial charge in [0.1, 0.15) is 17.6 Å². The van der Waals surface area contributed by atoms with Crippen LogP contribution in [0.15, 0.2) is 28.9 Å². The highest BCUT2D eigenvalue weighted by Crippen LogP contribution is 2.39. The second kappa shape index (κ2) is 11.3. The first kappa shape index (κ1) is 28.9. The fraction of sp³-hybridized carbons (Fsp3) is 0.533. The summed E-state index contributed by atoms with van der Waals surface area (Å²) in [6, 6.07) is 3.58. The number of cyclic esters (lactones) is 1. The van der Waals surface area contributed by atoms with E-state index in [-0.39, 0.29) is 6.54 Å². The summed E-state index contributed by atoms with van der Waals surface area (Å²) in [6.07, 6.45) is 1.38. The minimum atomic E-state index is -4.50. The van der Waals surface area contributed by atoms with E-state index in [0.717, 1.165) is 49.9 Å². The molecule has 1 amide bonds. The van der Waals surface area contributed by atoms with Crippen LogP contribution in [-0.2, 0) is 17.5 Å². The molecule has 3 aromatic rings. The first-order valence-electron chi connectivity index (χ1n) is 14.2. The number of aryl methyl sites for hydroxylation is 3. The fourth-order valence-corrected chi connectivity index (χ4v) is 6.17. The zero-order valence-corrected chi connectivity index (χ0v) is 24.1. The molecular formula is C30H36F3N5O3. The average Bonchev–Trinajstić information content (AvgIpc) is 3.42. The lowest BCUT2D eigenvalue weighted by Gasteiger charge is -2.35. The number of rotatable bonds is 7. The largest absolute Gasteiger partial charge is 0.439 e. The Morgan fingerprint density at radius 3 is 2.46 bits per heavy atom. The molecule has 1 aliphatic carbocycles. The van der Waals surface area contributed by atoms with Gasteiger partial charge in [0.15, 0.2) is 5.82 Å². The van der Waals surface area contributed by atoms with Gasteiger partial charge in [-0.1, -0.05) is 36.0 Å². The summed E-state index contributed by atoms with van der Waals surface area (Å²) in [5.41, 5.74) is 2.62. The van der Waals surface area contributed by atoms with Crippen molar-refractivity contribution >= 4 is 11.9 Å². The van der Waals surface area contributed by atoms with Crippen LogP contribution in [0.1, 0.15) is 85.9 Å². The topological polar surface area (TPSA) is 84.6 Å². The van der Waals surface area contributed by atoms with Crippen LogP contribution in [0.5, 0.6) is 0 Å². The van der Waals surface area contributed by atoms with E-state index in [2.05, 4.69) is 17.0 Å². The van der Waals surface area contributed by atoms with Gasteiger partial charge in [-0.05, 0) is 65.2 Å². The molecule has 1 saturated heterocycles. The normalized spacial score (nSPS) is 20.0. The molecule has 0 spiro atoms. The van der Waals surface area contributed by atoms with Gasteiger partial charge < -0.3 is 14.2 Å². The molecule has 3 heterocycles. The van der Waals surface area contributed by atoms with E-state index in [9.17, 15) is 18.0 Å². The molecule has 1 aromatic carbocycles. The molecule has 2 aromatic heterocycles. The van der Waals surface area contributed by atoms with E-state index in [0.29, 0.717) is 45.8 Å². The minimum absolute atomic E-state index is 0.0945. The number of nitrogens with zero attached hydrogens (tertiary/aromatic N) is 5. The van der Waals surface area contributed by atoms with E-state index in [4.69, 9.17) is 19.2 Å². The highest BCUT2D eigenvalue weighted by atomic mass is 19.4. The Hall–Kier alpha value is -3.63. The monoisotopic (exact) mass is 571 g/mol. The van der Waals surface area contributed by atoms with Gasteiger partial charge in [0, 0.05) is 12.6 Å². The number of hydrogen-bond donors (Lipinski definition) is 0. The number of alkyl halides is 3. The van der Waals surface area contributed by atoms with Crippen molar-refractivity contribution in [3.63, 3.8) is 0 Å². The number of carbonyl (C=O) groups is 1. The summed E-state index contributed by atoms with van der Waals surface area (Å²) in [5, 5.41) is 4.05. The van der Waals surface area contributed by atoms with Gasteiger partial charge in [-0.25, -0.2) is 14.8 Å². The number of aromatic nitrogens is 3. The van der Waals surface area contributed by atoms with Crippen molar-refractivity contribution in [2.24, 2.45) is 0 Å². The first-order chi connectivity index (χ1) is 19.5. The van der Waals surface area contributed by atoms with Crippen molar-refractivity contribution in [3.8, 4) is 11.3 Å². The number of ether oxygens (including phenoxy) is 1. The smallest absolute Gasteiger partial charge is 0.416 e. The summed E-state index contributed by atoms with van der Waals surface area (Å²) < 4.78 is 51.7. The van der Waals surface area contributed by atoms with Gasteiger partial charge >= 0.3 is 12.3 Å². The maximum absolute atomic E-state index is 13.5. The SMILES string of the molecule is CCN(c1ncc(-c2c(C)noc2C)nc1CN1C(=O)O[C@H](c2cc(C)cc(C(F)(F)F)c2)[C@@H]1C)C1CCCCC1. The van der Waals surface area contributed by atoms with Crippen LogP contribution in [0.25, 0.3) is 11.3 Å². The standard InChI is InChI=1S/C30H36F3N5O3/c1-6-37(23-10-8-7-9-11-23)28-25(35-24(15-34-28)26-18(3)36-41-20(26)5)16-38-19(4)27(40-29(38)39)21-12-17(2)13-22(14-21)30(31,32)33/h12-15,19,23,27H,6-11,16H2,1-5H3/t19-,27-/m0/s1. The predicted octanol–water partition coefficient (Wildman–Crippen LogP) is 7.32. The maximum Gasteiger partial charge on any atom is 0.416 e. The maximum atomic E-state index is 13.5. The van der Waals surface area contributed by atoms with E-state index in [1.807, 2.05) is 13.8 Å². The van der Waals surface area contributed by atoms with Gasteiger partial charge in [0.25, 0.3) is 0 Å². The Kier molecular flexibility index (Phi) is 7.98. The molecule has 11 heteroatoms. The number of carbonyl (C=O) groups excluding carboxylic acids is 1. The Balaban J connectivity index is 1.52. The van der Waals surface area contributed by atoms with Crippen LogP contribution in [0.3, 0.4) is 0 Å². The molecule has 0 radical (unpaired) electrons. The van der Waals surface area contributed by atoms with E-state index >= 15 is 0 Å². The van der Waals surface area contributed by atoms with Crippen LogP contribution in [-0.4, -0.2) is 44.7 Å². The van der Waals surface area contributed by atoms with Gasteiger partial charge in [0.05, 0.1) is 41.3 Å². The summed E-state index contributed by atoms with van der Waals surface area (Å²) in [4.78, 5) is 26.9. The second-order valence-electron chi connectivity index (χ2n) is 11.1. The van der Waals surface area contributed by atoms with Gasteiger partial charge in [0.2, 0.25) is 0 Å². The predicted molar refractivity (Wildman–Crippen MR) is 147 cm³/mol. The highest BCUT2D eigenvalue weighted by Gasteiger charge is 2.42. The molecule has 0 N–H and O–H groups in total. The molecule has 0 bridgehead atoms. The van der Waals surface area contributed by atoms with Crippen molar-refractivity contribution in [3.05, 3.63) is 58.2 Å². The quantitative estimate of drug-likeness (QED) is 0.294. The van der Waals surface area contributed by atoms with Crippen LogP contribution in [0.4, 0.5) is 23.8 Å². The lowest BCUT2D eigenvalue weighted by Crippen LogP contribution is -2.39. The lowest BCUT2D eigenvalue weighted by atomic mass is 9.94. The number of amides is 1. The van der Waals surface area contributed by atoms with Gasteiger partial charge in [-0.15, -0.1) is 0 Å². The highest BCUT2D eigenvalue weighted by molar-refractivity contribution is 5.72. The molecule has 1 saturated carbocycles. The molecule has 220 valence electrons. The Morgan fingerprint density at radius 2 is 1.83 bits per heavy atom. The third-order valence-electron chi connectivity index (χ3n) is 8.21. The van der Waals surface area contributed by atoms with E-state index in [1.54, 1.807) is 26.1 Å². The molecule has 5 rings (SSSR count). The number of hydrogen-bond acceptors (Lipinski definition) is 7. The molecule has 2 fully saturated rings. The molecule has 1 aliphatic heterocycles. The van der Waals surface area contributed by atoms with Crippen molar-refractivity contribution in [1.29, 1.82) is 0 Å². The van der Waals surface area contributed by atoms with Gasteiger partial charge in [-0.2, -0.15) is 13.2 Å². The zero-order valence-electron chi connectivity index (χ0n) is 24.1. The molecule has 2 aliphatic rings. The summed E-state index contributed by atoms with van der Waals surface area (Å²) in [5.74, 6) is 1.32. The minimum Gasteiger partial charge on any atom is -0.439 e. The van der Waals surface area contributed by atoms with Crippen LogP contribution in [0, 0.1) is 20.8 Å². The Morgan fingerprint density at radius 1 is 1.10 bits per heavy atom. The van der Waals surface area contributed by atoms with Crippen LogP contribution < -0.4 is 4.90 Å². The lowest BCUT2D eigenvalue weighted by molar-refractivity contribution is -0.137. The number of halogens is 3. The van der Waals surface area contributed by atoms with E-state index in [1.165, 1.54) is 11.3 Å². The zero-order chi connectivity index (χ0) is 29.5. The van der Waals surface area contributed by atoms with Gasteiger partial charge in [-0.3, -0.25) is 4.90 Å². The Labute approximate surface area is 237 Å². The van der Waals surface area contributed by atoms with Crippen molar-refractivity contribution in [2.45, 2.75) is 97.6 Å². The fourth-order valence-electron chi connectivity index (χ4n) is 6.17. The van der Waals surface area contributed by atoms with Crippen LogP contribution >= 0.6 is 0 Å². The van der Waals surface area contributed by atoms with E-state index < -0.39 is 30.0 Å². The van der Waals surface area contributed by atoms with Crippen molar-refractivity contribution < 1.29 is 27.2 Å². The molecular weight excluding hydrogens is 535 g/mol.